The second kappa shape index (κ2) is 4.37. The van der Waals surface area contributed by atoms with Crippen molar-refractivity contribution in [2.45, 2.75) is 0 Å². The quantitative estimate of drug-likeness (QED) is 0.700. The average molecular weight is 199 g/mol. The molecule has 0 aliphatic rings. The average Bonchev–Trinajstić information content (AvgIpc) is 2.31. The minimum atomic E-state index is -0.165. The third-order valence-electron chi connectivity index (χ3n) is 1.98. The Kier molecular flexibility index (Phi) is 2.74. The molecule has 1 amide bonds. The Morgan fingerprint density at radius 1 is 0.933 bits per heavy atom. The van der Waals surface area contributed by atoms with E-state index >= 15 is 0 Å². The molecule has 3 nitrogen and oxygen atoms in total. The highest BCUT2D eigenvalue weighted by Gasteiger charge is 2.11. The molecule has 0 spiro atoms. The van der Waals surface area contributed by atoms with Crippen LogP contribution in [-0.4, -0.2) is 6.03 Å². The van der Waals surface area contributed by atoms with Crippen molar-refractivity contribution in [3.63, 3.8) is 0 Å². The number of aromatic nitrogens is 1. The van der Waals surface area contributed by atoms with Gasteiger partial charge in [-0.1, -0.05) is 24.3 Å². The van der Waals surface area contributed by atoms with Crippen molar-refractivity contribution in [3.8, 4) is 0 Å². The Labute approximate surface area is 88.0 Å². The summed E-state index contributed by atoms with van der Waals surface area (Å²) in [6, 6.07) is 14.7. The van der Waals surface area contributed by atoms with E-state index in [1.807, 2.05) is 48.5 Å². The molecule has 0 saturated heterocycles. The molecule has 1 N–H and O–H groups in total. The lowest BCUT2D eigenvalue weighted by Crippen LogP contribution is -2.45. The molecule has 3 heteroatoms. The molecule has 0 aliphatic heterocycles. The third-order valence-corrected chi connectivity index (χ3v) is 1.98. The van der Waals surface area contributed by atoms with Crippen LogP contribution in [0.25, 0.3) is 0 Å². The van der Waals surface area contributed by atoms with E-state index in [1.165, 1.54) is 4.57 Å². The molecular weight excluding hydrogens is 188 g/mol. The summed E-state index contributed by atoms with van der Waals surface area (Å²) in [6.07, 6.45) is 3.41. The van der Waals surface area contributed by atoms with Gasteiger partial charge in [-0.15, -0.1) is 0 Å². The highest BCUT2D eigenvalue weighted by molar-refractivity contribution is 5.82. The maximum absolute atomic E-state index is 11.7. The molecule has 15 heavy (non-hydrogen) atoms. The van der Waals surface area contributed by atoms with E-state index in [0.717, 1.165) is 5.69 Å². The minimum absolute atomic E-state index is 0.165. The molecule has 0 bridgehead atoms. The summed E-state index contributed by atoms with van der Waals surface area (Å²) in [6.45, 7) is 0. The zero-order valence-electron chi connectivity index (χ0n) is 8.13. The fraction of sp³-hybridized carbons (Fsp3) is 0. The van der Waals surface area contributed by atoms with Gasteiger partial charge in [0.05, 0.1) is 12.4 Å². The van der Waals surface area contributed by atoms with E-state index in [-0.39, 0.29) is 6.03 Å². The van der Waals surface area contributed by atoms with Gasteiger partial charge in [0.1, 0.15) is 5.69 Å². The Morgan fingerprint density at radius 2 is 1.53 bits per heavy atom. The van der Waals surface area contributed by atoms with Crippen LogP contribution in [0.15, 0.2) is 60.9 Å². The van der Waals surface area contributed by atoms with Crippen molar-refractivity contribution in [3.05, 3.63) is 60.9 Å². The van der Waals surface area contributed by atoms with Gasteiger partial charge in [0.25, 0.3) is 0 Å². The Morgan fingerprint density at radius 3 is 2.20 bits per heavy atom. The van der Waals surface area contributed by atoms with E-state index < -0.39 is 0 Å². The second-order valence-corrected chi connectivity index (χ2v) is 3.08. The number of rotatable bonds is 1. The number of anilines is 1. The first-order chi connectivity index (χ1) is 7.36. The molecule has 2 aromatic rings. The maximum Gasteiger partial charge on any atom is 0.500 e. The fourth-order valence-electron chi connectivity index (χ4n) is 1.24. The fourth-order valence-corrected chi connectivity index (χ4v) is 1.24. The number of benzene rings is 1. The summed E-state index contributed by atoms with van der Waals surface area (Å²) >= 11 is 0. The molecule has 0 radical (unpaired) electrons. The van der Waals surface area contributed by atoms with Crippen molar-refractivity contribution in [2.75, 3.05) is 5.32 Å². The van der Waals surface area contributed by atoms with E-state index in [1.54, 1.807) is 12.4 Å². The molecule has 0 fully saturated rings. The van der Waals surface area contributed by atoms with Gasteiger partial charge in [0, 0.05) is 0 Å². The van der Waals surface area contributed by atoms with Crippen LogP contribution in [0.2, 0.25) is 0 Å². The van der Waals surface area contributed by atoms with Crippen LogP contribution in [0.3, 0.4) is 0 Å². The van der Waals surface area contributed by atoms with Crippen LogP contribution in [0.1, 0.15) is 0 Å². The van der Waals surface area contributed by atoms with Crippen LogP contribution < -0.4 is 9.88 Å². The molecule has 74 valence electrons. The number of hydrogen-bond acceptors (Lipinski definition) is 1. The van der Waals surface area contributed by atoms with Gasteiger partial charge < -0.3 is 0 Å². The lowest BCUT2D eigenvalue weighted by molar-refractivity contribution is -0.567. The van der Waals surface area contributed by atoms with Crippen molar-refractivity contribution in [1.82, 2.24) is 0 Å². The summed E-state index contributed by atoms with van der Waals surface area (Å²) in [5, 5.41) is 2.78. The second-order valence-electron chi connectivity index (χ2n) is 3.08. The van der Waals surface area contributed by atoms with Crippen LogP contribution in [-0.2, 0) is 0 Å². The highest BCUT2D eigenvalue weighted by Crippen LogP contribution is 2.03. The largest absolute Gasteiger partial charge is 0.500 e. The monoisotopic (exact) mass is 199 g/mol. The van der Waals surface area contributed by atoms with Gasteiger partial charge in [0.15, 0.2) is 0 Å². The highest BCUT2D eigenvalue weighted by atomic mass is 16.2. The standard InChI is InChI=1S/C12H10N2O/c15-12(14-9-5-2-6-10-14)13-11-7-3-1-4-8-11/h1-10H/p+1. The van der Waals surface area contributed by atoms with Gasteiger partial charge in [-0.05, 0) is 24.3 Å². The van der Waals surface area contributed by atoms with Crippen LogP contribution in [0.4, 0.5) is 10.5 Å². The van der Waals surface area contributed by atoms with Gasteiger partial charge in [-0.3, -0.25) is 0 Å². The Bertz CT molecular complexity index is 440. The SMILES string of the molecule is O=C(Nc1ccccc1)[n+]1ccccc1. The molecule has 1 aromatic carbocycles. The van der Waals surface area contributed by atoms with Gasteiger partial charge in [-0.25, -0.2) is 5.32 Å². The molecule has 0 saturated carbocycles. The summed E-state index contributed by atoms with van der Waals surface area (Å²) in [4.78, 5) is 11.7. The first-order valence-corrected chi connectivity index (χ1v) is 4.69. The molecular formula is C12H11N2O+. The van der Waals surface area contributed by atoms with E-state index in [0.29, 0.717) is 0 Å². The predicted molar refractivity (Wildman–Crippen MR) is 57.5 cm³/mol. The number of carbonyl (C=O) groups is 1. The number of para-hydroxylation sites is 1. The van der Waals surface area contributed by atoms with Crippen molar-refractivity contribution >= 4 is 11.7 Å². The summed E-state index contributed by atoms with van der Waals surface area (Å²) in [5.41, 5.74) is 0.791. The molecule has 0 aliphatic carbocycles. The van der Waals surface area contributed by atoms with Crippen molar-refractivity contribution < 1.29 is 9.36 Å². The lowest BCUT2D eigenvalue weighted by Gasteiger charge is -1.97. The number of amides is 1. The third kappa shape index (κ3) is 2.40. The zero-order valence-corrected chi connectivity index (χ0v) is 8.13. The van der Waals surface area contributed by atoms with E-state index in [4.69, 9.17) is 0 Å². The Balaban J connectivity index is 2.12. The number of hydrogen-bond donors (Lipinski definition) is 1. The topological polar surface area (TPSA) is 33.0 Å². The first-order valence-electron chi connectivity index (χ1n) is 4.69. The van der Waals surface area contributed by atoms with Crippen molar-refractivity contribution in [1.29, 1.82) is 0 Å². The number of nitrogens with zero attached hydrogens (tertiary/aromatic N) is 1. The van der Waals surface area contributed by atoms with Crippen LogP contribution in [0.5, 0.6) is 0 Å². The summed E-state index contributed by atoms with van der Waals surface area (Å²) < 4.78 is 1.49. The van der Waals surface area contributed by atoms with Crippen LogP contribution >= 0.6 is 0 Å². The predicted octanol–water partition coefficient (Wildman–Crippen LogP) is 2.05. The normalized spacial score (nSPS) is 9.60. The van der Waals surface area contributed by atoms with Gasteiger partial charge in [-0.2, -0.15) is 9.36 Å². The molecule has 1 heterocycles. The summed E-state index contributed by atoms with van der Waals surface area (Å²) in [5.74, 6) is 0. The first kappa shape index (κ1) is 9.40. The number of pyridine rings is 1. The van der Waals surface area contributed by atoms with Crippen molar-refractivity contribution in [2.24, 2.45) is 0 Å². The Hall–Kier alpha value is -2.16. The number of nitrogens with one attached hydrogen (secondary N) is 1. The zero-order chi connectivity index (χ0) is 10.5. The van der Waals surface area contributed by atoms with Gasteiger partial charge in [0.2, 0.25) is 0 Å². The van der Waals surface area contributed by atoms with E-state index in [9.17, 15) is 4.79 Å². The smallest absolute Gasteiger partial charge is 0.204 e. The molecule has 0 unspecified atom stereocenters. The summed E-state index contributed by atoms with van der Waals surface area (Å²) in [7, 11) is 0. The maximum atomic E-state index is 11.7. The van der Waals surface area contributed by atoms with Gasteiger partial charge >= 0.3 is 6.03 Å². The van der Waals surface area contributed by atoms with E-state index in [2.05, 4.69) is 5.32 Å². The molecule has 1 aromatic heterocycles. The number of carbonyl (C=O) groups excluding carboxylic acids is 1. The lowest BCUT2D eigenvalue weighted by atomic mass is 10.3. The van der Waals surface area contributed by atoms with Crippen LogP contribution in [0, 0.1) is 0 Å². The minimum Gasteiger partial charge on any atom is -0.204 e. The molecule has 0 atom stereocenters. The molecule has 2 rings (SSSR count).